The third-order valence-electron chi connectivity index (χ3n) is 1.16. The first-order valence-corrected chi connectivity index (χ1v) is 3.69. The van der Waals surface area contributed by atoms with Gasteiger partial charge in [-0.1, -0.05) is 13.5 Å². The molecular formula is C8H18N2. The Labute approximate surface area is 63.9 Å². The van der Waals surface area contributed by atoms with Crippen molar-refractivity contribution in [2.24, 2.45) is 0 Å². The average Bonchev–Trinajstić information content (AvgIpc) is 1.82. The van der Waals surface area contributed by atoms with Gasteiger partial charge in [0, 0.05) is 13.1 Å². The van der Waals surface area contributed by atoms with E-state index in [0.717, 1.165) is 19.6 Å². The van der Waals surface area contributed by atoms with Gasteiger partial charge in [-0.15, -0.1) is 0 Å². The maximum Gasteiger partial charge on any atom is 0.0196 e. The van der Waals surface area contributed by atoms with Gasteiger partial charge in [-0.2, -0.15) is 0 Å². The van der Waals surface area contributed by atoms with Gasteiger partial charge >= 0.3 is 0 Å². The summed E-state index contributed by atoms with van der Waals surface area (Å²) in [5, 5.41) is 3.23. The van der Waals surface area contributed by atoms with Crippen molar-refractivity contribution in [2.45, 2.75) is 6.92 Å². The quantitative estimate of drug-likeness (QED) is 0.569. The molecule has 0 atom stereocenters. The van der Waals surface area contributed by atoms with Crippen LogP contribution in [-0.4, -0.2) is 38.6 Å². The van der Waals surface area contributed by atoms with E-state index in [1.54, 1.807) is 0 Å². The molecular weight excluding hydrogens is 124 g/mol. The highest BCUT2D eigenvalue weighted by molar-refractivity contribution is 4.98. The van der Waals surface area contributed by atoms with Crippen molar-refractivity contribution in [3.63, 3.8) is 0 Å². The smallest absolute Gasteiger partial charge is 0.0196 e. The van der Waals surface area contributed by atoms with Crippen LogP contribution in [0.25, 0.3) is 0 Å². The van der Waals surface area contributed by atoms with Crippen molar-refractivity contribution in [1.29, 1.82) is 0 Å². The van der Waals surface area contributed by atoms with Crippen LogP contribution in [0.15, 0.2) is 12.2 Å². The maximum absolute atomic E-state index is 3.93. The van der Waals surface area contributed by atoms with Gasteiger partial charge in [0.2, 0.25) is 0 Å². The van der Waals surface area contributed by atoms with Gasteiger partial charge < -0.3 is 10.2 Å². The molecule has 0 heterocycles. The van der Waals surface area contributed by atoms with E-state index in [2.05, 4.69) is 37.8 Å². The maximum atomic E-state index is 3.93. The van der Waals surface area contributed by atoms with E-state index in [9.17, 15) is 0 Å². The van der Waals surface area contributed by atoms with E-state index in [-0.39, 0.29) is 0 Å². The highest BCUT2D eigenvalue weighted by atomic mass is 15.1. The van der Waals surface area contributed by atoms with E-state index >= 15 is 0 Å². The summed E-state index contributed by atoms with van der Waals surface area (Å²) in [6, 6.07) is 0. The van der Waals surface area contributed by atoms with Crippen LogP contribution in [0, 0.1) is 0 Å². The van der Waals surface area contributed by atoms with Gasteiger partial charge in [-0.3, -0.25) is 0 Å². The van der Waals surface area contributed by atoms with E-state index < -0.39 is 0 Å². The molecule has 0 amide bonds. The van der Waals surface area contributed by atoms with Gasteiger partial charge in [0.05, 0.1) is 0 Å². The highest BCUT2D eigenvalue weighted by Crippen LogP contribution is 1.88. The molecule has 0 aromatic rings. The molecule has 0 saturated carbocycles. The summed E-state index contributed by atoms with van der Waals surface area (Å²) in [7, 11) is 4.11. The molecule has 0 fully saturated rings. The SMILES string of the molecule is C=C(CNCC)CN(C)C. The second kappa shape index (κ2) is 5.45. The second-order valence-corrected chi connectivity index (χ2v) is 2.77. The molecule has 60 valence electrons. The zero-order valence-electron chi connectivity index (χ0n) is 7.28. The fraction of sp³-hybridized carbons (Fsp3) is 0.750. The molecule has 0 spiro atoms. The Balaban J connectivity index is 3.26. The number of hydrogen-bond acceptors (Lipinski definition) is 2. The molecule has 0 aromatic carbocycles. The minimum atomic E-state index is 0.939. The number of nitrogens with one attached hydrogen (secondary N) is 1. The van der Waals surface area contributed by atoms with Gasteiger partial charge in [0.25, 0.3) is 0 Å². The predicted molar refractivity (Wildman–Crippen MR) is 46.2 cm³/mol. The Kier molecular flexibility index (Phi) is 5.26. The molecule has 0 unspecified atom stereocenters. The van der Waals surface area contributed by atoms with Crippen LogP contribution in [0.5, 0.6) is 0 Å². The number of nitrogens with zero attached hydrogens (tertiary/aromatic N) is 1. The lowest BCUT2D eigenvalue weighted by Gasteiger charge is -2.11. The van der Waals surface area contributed by atoms with E-state index in [0.29, 0.717) is 0 Å². The first-order valence-electron chi connectivity index (χ1n) is 3.69. The van der Waals surface area contributed by atoms with Crippen molar-refractivity contribution in [1.82, 2.24) is 10.2 Å². The van der Waals surface area contributed by atoms with Crippen LogP contribution in [0.3, 0.4) is 0 Å². The minimum absolute atomic E-state index is 0.939. The third-order valence-corrected chi connectivity index (χ3v) is 1.16. The zero-order chi connectivity index (χ0) is 7.98. The Bertz CT molecular complexity index is 97.4. The van der Waals surface area contributed by atoms with Crippen LogP contribution >= 0.6 is 0 Å². The van der Waals surface area contributed by atoms with Gasteiger partial charge in [0.1, 0.15) is 0 Å². The normalized spacial score (nSPS) is 10.4. The first kappa shape index (κ1) is 9.66. The molecule has 2 nitrogen and oxygen atoms in total. The Hall–Kier alpha value is -0.340. The molecule has 0 aliphatic heterocycles. The molecule has 10 heavy (non-hydrogen) atoms. The monoisotopic (exact) mass is 142 g/mol. The van der Waals surface area contributed by atoms with E-state index in [1.807, 2.05) is 0 Å². The predicted octanol–water partition coefficient (Wildman–Crippen LogP) is 0.714. The Morgan fingerprint density at radius 3 is 2.50 bits per heavy atom. The lowest BCUT2D eigenvalue weighted by Crippen LogP contribution is -2.23. The van der Waals surface area contributed by atoms with E-state index in [4.69, 9.17) is 0 Å². The lowest BCUT2D eigenvalue weighted by molar-refractivity contribution is 0.440. The van der Waals surface area contributed by atoms with Crippen molar-refractivity contribution in [3.05, 3.63) is 12.2 Å². The average molecular weight is 142 g/mol. The molecule has 0 rings (SSSR count). The summed E-state index contributed by atoms with van der Waals surface area (Å²) in [5.74, 6) is 0. The summed E-state index contributed by atoms with van der Waals surface area (Å²) in [6.45, 7) is 8.97. The third kappa shape index (κ3) is 5.79. The summed E-state index contributed by atoms with van der Waals surface area (Å²) < 4.78 is 0. The topological polar surface area (TPSA) is 15.3 Å². The summed E-state index contributed by atoms with van der Waals surface area (Å²) >= 11 is 0. The molecule has 0 aliphatic rings. The van der Waals surface area contributed by atoms with Crippen LogP contribution in [0.1, 0.15) is 6.92 Å². The van der Waals surface area contributed by atoms with Crippen LogP contribution in [-0.2, 0) is 0 Å². The number of likely N-dealkylation sites (N-methyl/N-ethyl adjacent to an activating group) is 2. The molecule has 0 saturated heterocycles. The first-order chi connectivity index (χ1) is 4.66. The second-order valence-electron chi connectivity index (χ2n) is 2.77. The highest BCUT2D eigenvalue weighted by Gasteiger charge is 1.93. The van der Waals surface area contributed by atoms with Crippen molar-refractivity contribution < 1.29 is 0 Å². The Morgan fingerprint density at radius 2 is 2.10 bits per heavy atom. The fourth-order valence-corrected chi connectivity index (χ4v) is 0.805. The minimum Gasteiger partial charge on any atom is -0.313 e. The van der Waals surface area contributed by atoms with Gasteiger partial charge in [-0.05, 0) is 26.2 Å². The number of hydrogen-bond donors (Lipinski definition) is 1. The van der Waals surface area contributed by atoms with Crippen LogP contribution in [0.2, 0.25) is 0 Å². The molecule has 0 radical (unpaired) electrons. The van der Waals surface area contributed by atoms with Crippen molar-refractivity contribution >= 4 is 0 Å². The molecule has 1 N–H and O–H groups in total. The van der Waals surface area contributed by atoms with Crippen molar-refractivity contribution in [2.75, 3.05) is 33.7 Å². The summed E-state index contributed by atoms with van der Waals surface area (Å²) in [4.78, 5) is 2.12. The van der Waals surface area contributed by atoms with E-state index in [1.165, 1.54) is 5.57 Å². The standard InChI is InChI=1S/C8H18N2/c1-5-9-6-8(2)7-10(3)4/h9H,2,5-7H2,1,3-4H3. The molecule has 0 bridgehead atoms. The lowest BCUT2D eigenvalue weighted by atomic mass is 10.3. The largest absolute Gasteiger partial charge is 0.313 e. The number of rotatable bonds is 5. The van der Waals surface area contributed by atoms with Gasteiger partial charge in [-0.25, -0.2) is 0 Å². The van der Waals surface area contributed by atoms with Gasteiger partial charge in [0.15, 0.2) is 0 Å². The summed E-state index contributed by atoms with van der Waals surface area (Å²) in [6.07, 6.45) is 0. The molecule has 0 aliphatic carbocycles. The molecule has 2 heteroatoms. The van der Waals surface area contributed by atoms with Crippen molar-refractivity contribution in [3.8, 4) is 0 Å². The zero-order valence-corrected chi connectivity index (χ0v) is 7.28. The Morgan fingerprint density at radius 1 is 1.50 bits per heavy atom. The molecule has 0 aromatic heterocycles. The van der Waals surface area contributed by atoms with Crippen LogP contribution in [0.4, 0.5) is 0 Å². The summed E-state index contributed by atoms with van der Waals surface area (Å²) in [5.41, 5.74) is 1.24. The van der Waals surface area contributed by atoms with Crippen LogP contribution < -0.4 is 5.32 Å². The fourth-order valence-electron chi connectivity index (χ4n) is 0.805.